The Labute approximate surface area is 87.9 Å². The van der Waals surface area contributed by atoms with Crippen LogP contribution in [-0.4, -0.2) is 23.4 Å². The van der Waals surface area contributed by atoms with Crippen molar-refractivity contribution in [3.8, 4) is 0 Å². The van der Waals surface area contributed by atoms with Crippen molar-refractivity contribution >= 4 is 17.4 Å². The normalized spacial score (nSPS) is 9.73. The Bertz CT molecular complexity index is 357. The Morgan fingerprint density at radius 1 is 1.27 bits per heavy atom. The van der Waals surface area contributed by atoms with Gasteiger partial charge in [0.15, 0.2) is 5.78 Å². The van der Waals surface area contributed by atoms with Crippen molar-refractivity contribution in [1.29, 1.82) is 0 Å². The number of nitrogens with one attached hydrogen (secondary N) is 1. The molecule has 1 amide bonds. The molecule has 0 unspecified atom stereocenters. The van der Waals surface area contributed by atoms with Crippen LogP contribution in [-0.2, 0) is 4.79 Å². The Morgan fingerprint density at radius 3 is 2.33 bits per heavy atom. The highest BCUT2D eigenvalue weighted by atomic mass is 16.3. The lowest BCUT2D eigenvalue weighted by Gasteiger charge is -2.03. The number of carbonyl (C=O) groups is 2. The third-order valence-electron chi connectivity index (χ3n) is 1.96. The molecule has 80 valence electrons. The number of anilines is 1. The molecule has 0 aliphatic carbocycles. The molecule has 2 N–H and O–H groups in total. The second-order valence-electron chi connectivity index (χ2n) is 3.06. The molecule has 0 spiro atoms. The van der Waals surface area contributed by atoms with E-state index in [0.29, 0.717) is 17.7 Å². The standard InChI is InChI=1S/C11H13NO3/c1-2-11(15)12-9-5-3-8(4-6-9)10(14)7-13/h3-6,13H,2,7H2,1H3,(H,12,15). The number of carbonyl (C=O) groups excluding carboxylic acids is 2. The van der Waals surface area contributed by atoms with Gasteiger partial charge in [-0.2, -0.15) is 0 Å². The van der Waals surface area contributed by atoms with Gasteiger partial charge >= 0.3 is 0 Å². The van der Waals surface area contributed by atoms with E-state index in [2.05, 4.69) is 5.32 Å². The van der Waals surface area contributed by atoms with Crippen LogP contribution >= 0.6 is 0 Å². The van der Waals surface area contributed by atoms with E-state index in [4.69, 9.17) is 5.11 Å². The van der Waals surface area contributed by atoms with Crippen molar-refractivity contribution in [3.05, 3.63) is 29.8 Å². The van der Waals surface area contributed by atoms with Gasteiger partial charge < -0.3 is 10.4 Å². The van der Waals surface area contributed by atoms with E-state index < -0.39 is 6.61 Å². The summed E-state index contributed by atoms with van der Waals surface area (Å²) in [4.78, 5) is 22.1. The number of hydrogen-bond acceptors (Lipinski definition) is 3. The van der Waals surface area contributed by atoms with Crippen molar-refractivity contribution in [2.24, 2.45) is 0 Å². The summed E-state index contributed by atoms with van der Waals surface area (Å²) in [6.45, 7) is 1.26. The van der Waals surface area contributed by atoms with Gasteiger partial charge in [0.2, 0.25) is 5.91 Å². The predicted octanol–water partition coefficient (Wildman–Crippen LogP) is 1.21. The van der Waals surface area contributed by atoms with Gasteiger partial charge in [0.25, 0.3) is 0 Å². The van der Waals surface area contributed by atoms with Crippen LogP contribution in [0.15, 0.2) is 24.3 Å². The lowest BCUT2D eigenvalue weighted by atomic mass is 10.1. The van der Waals surface area contributed by atoms with Gasteiger partial charge in [-0.05, 0) is 24.3 Å². The summed E-state index contributed by atoms with van der Waals surface area (Å²) in [5.41, 5.74) is 1.09. The molecule has 0 fully saturated rings. The molecule has 0 saturated heterocycles. The van der Waals surface area contributed by atoms with Gasteiger partial charge in [0.1, 0.15) is 6.61 Å². The summed E-state index contributed by atoms with van der Waals surface area (Å²) in [6, 6.07) is 6.42. The molecule has 0 bridgehead atoms. The van der Waals surface area contributed by atoms with Crippen LogP contribution in [0.5, 0.6) is 0 Å². The Morgan fingerprint density at radius 2 is 1.87 bits per heavy atom. The molecule has 0 aliphatic heterocycles. The number of aliphatic hydroxyl groups is 1. The van der Waals surface area contributed by atoms with Gasteiger partial charge in [0, 0.05) is 17.7 Å². The fourth-order valence-electron chi connectivity index (χ4n) is 1.08. The number of aliphatic hydroxyl groups excluding tert-OH is 1. The first-order chi connectivity index (χ1) is 7.17. The van der Waals surface area contributed by atoms with Crippen LogP contribution < -0.4 is 5.32 Å². The van der Waals surface area contributed by atoms with Crippen molar-refractivity contribution < 1.29 is 14.7 Å². The first-order valence-electron chi connectivity index (χ1n) is 4.71. The van der Waals surface area contributed by atoms with Crippen LogP contribution in [0.2, 0.25) is 0 Å². The molecular weight excluding hydrogens is 194 g/mol. The average Bonchev–Trinajstić information content (AvgIpc) is 2.29. The Hall–Kier alpha value is -1.68. The van der Waals surface area contributed by atoms with Crippen LogP contribution in [0, 0.1) is 0 Å². The van der Waals surface area contributed by atoms with Crippen molar-refractivity contribution in [3.63, 3.8) is 0 Å². The van der Waals surface area contributed by atoms with Crippen molar-refractivity contribution in [2.75, 3.05) is 11.9 Å². The van der Waals surface area contributed by atoms with Gasteiger partial charge in [0.05, 0.1) is 0 Å². The fourth-order valence-corrected chi connectivity index (χ4v) is 1.08. The largest absolute Gasteiger partial charge is 0.388 e. The number of benzene rings is 1. The number of hydrogen-bond donors (Lipinski definition) is 2. The minimum absolute atomic E-state index is 0.0729. The Balaban J connectivity index is 2.72. The third-order valence-corrected chi connectivity index (χ3v) is 1.96. The SMILES string of the molecule is CCC(=O)Nc1ccc(C(=O)CO)cc1. The lowest BCUT2D eigenvalue weighted by molar-refractivity contribution is -0.115. The molecule has 1 rings (SSSR count). The van der Waals surface area contributed by atoms with Gasteiger partial charge in [-0.1, -0.05) is 6.92 Å². The van der Waals surface area contributed by atoms with Gasteiger partial charge in [-0.15, -0.1) is 0 Å². The molecule has 0 radical (unpaired) electrons. The molecule has 0 saturated carbocycles. The number of ketones is 1. The number of Topliss-reactive ketones (excluding diaryl/α,β-unsaturated/α-hetero) is 1. The van der Waals surface area contributed by atoms with Gasteiger partial charge in [-0.3, -0.25) is 9.59 Å². The summed E-state index contributed by atoms with van der Waals surface area (Å²) in [6.07, 6.45) is 0.414. The topological polar surface area (TPSA) is 66.4 Å². The third kappa shape index (κ3) is 3.18. The smallest absolute Gasteiger partial charge is 0.224 e. The Kier molecular flexibility index (Phi) is 4.00. The maximum atomic E-state index is 11.1. The molecule has 0 heterocycles. The molecule has 0 atom stereocenters. The molecule has 4 heteroatoms. The van der Waals surface area contributed by atoms with Crippen LogP contribution in [0.25, 0.3) is 0 Å². The van der Waals surface area contributed by atoms with Gasteiger partial charge in [-0.25, -0.2) is 0 Å². The number of rotatable bonds is 4. The first kappa shape index (κ1) is 11.4. The summed E-state index contributed by atoms with van der Waals surface area (Å²) in [5, 5.41) is 11.3. The summed E-state index contributed by atoms with van der Waals surface area (Å²) in [7, 11) is 0. The molecule has 0 aliphatic rings. The van der Waals surface area contributed by atoms with Crippen molar-refractivity contribution in [2.45, 2.75) is 13.3 Å². The molecular formula is C11H13NO3. The zero-order valence-electron chi connectivity index (χ0n) is 8.49. The second kappa shape index (κ2) is 5.26. The van der Waals surface area contributed by atoms with E-state index in [-0.39, 0.29) is 11.7 Å². The highest BCUT2D eigenvalue weighted by Gasteiger charge is 2.04. The fraction of sp³-hybridized carbons (Fsp3) is 0.273. The maximum Gasteiger partial charge on any atom is 0.224 e. The zero-order valence-corrected chi connectivity index (χ0v) is 8.49. The predicted molar refractivity (Wildman–Crippen MR) is 56.8 cm³/mol. The molecule has 1 aromatic rings. The van der Waals surface area contributed by atoms with Crippen LogP contribution in [0.4, 0.5) is 5.69 Å². The van der Waals surface area contributed by atoms with E-state index in [1.165, 1.54) is 0 Å². The highest BCUT2D eigenvalue weighted by molar-refractivity contribution is 5.97. The van der Waals surface area contributed by atoms with Crippen LogP contribution in [0.3, 0.4) is 0 Å². The monoisotopic (exact) mass is 207 g/mol. The van der Waals surface area contributed by atoms with Crippen LogP contribution in [0.1, 0.15) is 23.7 Å². The average molecular weight is 207 g/mol. The molecule has 1 aromatic carbocycles. The summed E-state index contributed by atoms with van der Waals surface area (Å²) < 4.78 is 0. The minimum atomic E-state index is -0.499. The quantitative estimate of drug-likeness (QED) is 0.729. The molecule has 4 nitrogen and oxygen atoms in total. The van der Waals surface area contributed by atoms with E-state index in [1.807, 2.05) is 0 Å². The molecule has 0 aromatic heterocycles. The second-order valence-corrected chi connectivity index (χ2v) is 3.06. The molecule has 15 heavy (non-hydrogen) atoms. The van der Waals surface area contributed by atoms with E-state index in [1.54, 1.807) is 31.2 Å². The van der Waals surface area contributed by atoms with E-state index in [9.17, 15) is 9.59 Å². The maximum absolute atomic E-state index is 11.1. The number of amides is 1. The van der Waals surface area contributed by atoms with E-state index >= 15 is 0 Å². The summed E-state index contributed by atoms with van der Waals surface area (Å²) in [5.74, 6) is -0.403. The first-order valence-corrected chi connectivity index (χ1v) is 4.71. The summed E-state index contributed by atoms with van der Waals surface area (Å²) >= 11 is 0. The van der Waals surface area contributed by atoms with E-state index in [0.717, 1.165) is 0 Å². The highest BCUT2D eigenvalue weighted by Crippen LogP contribution is 2.10. The minimum Gasteiger partial charge on any atom is -0.388 e. The zero-order chi connectivity index (χ0) is 11.3. The lowest BCUT2D eigenvalue weighted by Crippen LogP contribution is -2.10. The van der Waals surface area contributed by atoms with Crippen molar-refractivity contribution in [1.82, 2.24) is 0 Å².